The quantitative estimate of drug-likeness (QED) is 0.531. The van der Waals surface area contributed by atoms with Gasteiger partial charge in [0, 0.05) is 23.3 Å². The number of quaternary nitrogens is 1. The van der Waals surface area contributed by atoms with Crippen molar-refractivity contribution in [3.05, 3.63) is 96.1 Å². The zero-order valence-electron chi connectivity index (χ0n) is 13.3. The molecule has 3 aromatic rings. The molecular weight excluding hydrogens is 278 g/mol. The Hall–Kier alpha value is -2.64. The van der Waals surface area contributed by atoms with Crippen LogP contribution in [0, 0.1) is 0 Å². The molecule has 0 amide bonds. The van der Waals surface area contributed by atoms with Crippen LogP contribution in [0.4, 0.5) is 11.4 Å². The molecule has 1 nitrogen and oxygen atoms in total. The van der Waals surface area contributed by atoms with Crippen LogP contribution in [-0.4, -0.2) is 6.54 Å². The van der Waals surface area contributed by atoms with Crippen LogP contribution >= 0.6 is 0 Å². The molecule has 0 fully saturated rings. The summed E-state index contributed by atoms with van der Waals surface area (Å²) in [4.78, 5) is 0. The lowest BCUT2D eigenvalue weighted by Crippen LogP contribution is -2.40. The van der Waals surface area contributed by atoms with Crippen molar-refractivity contribution in [2.45, 2.75) is 6.92 Å². The molecule has 1 heteroatoms. The monoisotopic (exact) mass is 298 g/mol. The number of nitrogens with zero attached hydrogens (tertiary/aromatic N) is 1. The molecular formula is C22H20N+. The van der Waals surface area contributed by atoms with Crippen LogP contribution in [0.3, 0.4) is 0 Å². The van der Waals surface area contributed by atoms with Gasteiger partial charge in [0.05, 0.1) is 6.54 Å². The second-order valence-corrected chi connectivity index (χ2v) is 5.92. The number of para-hydroxylation sites is 2. The van der Waals surface area contributed by atoms with Crippen molar-refractivity contribution in [3.63, 3.8) is 0 Å². The normalized spacial score (nSPS) is 19.3. The van der Waals surface area contributed by atoms with Crippen LogP contribution in [0.25, 0.3) is 11.8 Å². The number of benzene rings is 3. The van der Waals surface area contributed by atoms with Crippen LogP contribution < -0.4 is 4.48 Å². The first-order chi connectivity index (χ1) is 11.4. The van der Waals surface area contributed by atoms with E-state index < -0.39 is 0 Å². The van der Waals surface area contributed by atoms with Gasteiger partial charge in [0.25, 0.3) is 0 Å². The standard InChI is InChI=1S/C22H20N/c1-2-23(20-14-7-4-8-15-20)21-16-10-9-13-19(21)17-22(23)18-11-5-3-6-12-18/h3-17H,2H2,1H3/q+1. The first kappa shape index (κ1) is 14.0. The molecule has 0 aromatic heterocycles. The average Bonchev–Trinajstić information content (AvgIpc) is 2.98. The van der Waals surface area contributed by atoms with E-state index in [4.69, 9.17) is 0 Å². The van der Waals surface area contributed by atoms with Gasteiger partial charge >= 0.3 is 0 Å². The molecule has 0 radical (unpaired) electrons. The molecule has 1 unspecified atom stereocenters. The van der Waals surface area contributed by atoms with Crippen molar-refractivity contribution < 1.29 is 0 Å². The van der Waals surface area contributed by atoms with Crippen LogP contribution in [0.15, 0.2) is 84.9 Å². The fraction of sp³-hybridized carbons (Fsp3) is 0.0909. The lowest BCUT2D eigenvalue weighted by Gasteiger charge is -2.35. The second-order valence-electron chi connectivity index (χ2n) is 5.92. The third-order valence-corrected chi connectivity index (χ3v) is 4.79. The highest BCUT2D eigenvalue weighted by Gasteiger charge is 2.43. The van der Waals surface area contributed by atoms with Crippen molar-refractivity contribution in [2.75, 3.05) is 6.54 Å². The van der Waals surface area contributed by atoms with E-state index >= 15 is 0 Å². The first-order valence-corrected chi connectivity index (χ1v) is 8.17. The van der Waals surface area contributed by atoms with Crippen molar-refractivity contribution in [2.24, 2.45) is 0 Å². The minimum Gasteiger partial charge on any atom is -0.226 e. The van der Waals surface area contributed by atoms with Gasteiger partial charge in [-0.3, -0.25) is 0 Å². The Morgan fingerprint density at radius 3 is 2.00 bits per heavy atom. The summed E-state index contributed by atoms with van der Waals surface area (Å²) in [5.74, 6) is 0. The van der Waals surface area contributed by atoms with Crippen LogP contribution in [0.5, 0.6) is 0 Å². The highest BCUT2D eigenvalue weighted by Crippen LogP contribution is 2.50. The SMILES string of the molecule is CC[N+]1(c2ccccc2)C(c2ccccc2)=Cc2ccccc21. The summed E-state index contributed by atoms with van der Waals surface area (Å²) in [6, 6.07) is 30.3. The van der Waals surface area contributed by atoms with Gasteiger partial charge in [-0.1, -0.05) is 48.5 Å². The fourth-order valence-corrected chi connectivity index (χ4v) is 3.74. The molecule has 0 saturated carbocycles. The number of hydrogen-bond donors (Lipinski definition) is 0. The van der Waals surface area contributed by atoms with Gasteiger partial charge in [-0.25, -0.2) is 4.48 Å². The summed E-state index contributed by atoms with van der Waals surface area (Å²) in [6.45, 7) is 3.26. The van der Waals surface area contributed by atoms with Crippen molar-refractivity contribution in [3.8, 4) is 0 Å². The van der Waals surface area contributed by atoms with Gasteiger partial charge in [-0.15, -0.1) is 0 Å². The topological polar surface area (TPSA) is 0 Å². The Balaban J connectivity index is 2.02. The van der Waals surface area contributed by atoms with Gasteiger partial charge in [-0.05, 0) is 37.3 Å². The van der Waals surface area contributed by atoms with Gasteiger partial charge in [0.1, 0.15) is 5.69 Å². The summed E-state index contributed by atoms with van der Waals surface area (Å²) in [5, 5.41) is 0. The predicted octanol–water partition coefficient (Wildman–Crippen LogP) is 5.86. The Kier molecular flexibility index (Phi) is 3.36. The highest BCUT2D eigenvalue weighted by atomic mass is 15.4. The smallest absolute Gasteiger partial charge is 0.151 e. The Bertz CT molecular complexity index is 849. The molecule has 0 aliphatic carbocycles. The summed E-state index contributed by atoms with van der Waals surface area (Å²) in [5.41, 5.74) is 6.63. The van der Waals surface area contributed by atoms with E-state index in [0.29, 0.717) is 0 Å². The predicted molar refractivity (Wildman–Crippen MR) is 99.2 cm³/mol. The third kappa shape index (κ3) is 2.05. The van der Waals surface area contributed by atoms with Gasteiger partial charge in [0.15, 0.2) is 11.4 Å². The minimum absolute atomic E-state index is 0.779. The second kappa shape index (κ2) is 5.53. The minimum atomic E-state index is 0.779. The molecule has 0 N–H and O–H groups in total. The van der Waals surface area contributed by atoms with Gasteiger partial charge in [-0.2, -0.15) is 0 Å². The number of fused-ring (bicyclic) bond motifs is 1. The van der Waals surface area contributed by atoms with Crippen LogP contribution in [0.2, 0.25) is 0 Å². The number of rotatable bonds is 3. The zero-order chi connectivity index (χ0) is 15.7. The van der Waals surface area contributed by atoms with Crippen LogP contribution in [0.1, 0.15) is 18.1 Å². The molecule has 1 atom stereocenters. The van der Waals surface area contributed by atoms with Gasteiger partial charge < -0.3 is 0 Å². The molecule has 1 heterocycles. The molecule has 0 saturated heterocycles. The van der Waals surface area contributed by atoms with E-state index in [1.807, 2.05) is 0 Å². The van der Waals surface area contributed by atoms with E-state index in [-0.39, 0.29) is 0 Å². The van der Waals surface area contributed by atoms with E-state index in [1.54, 1.807) is 0 Å². The lowest BCUT2D eigenvalue weighted by molar-refractivity contribution is 0.563. The maximum Gasteiger partial charge on any atom is 0.151 e. The van der Waals surface area contributed by atoms with Crippen LogP contribution in [-0.2, 0) is 0 Å². The maximum absolute atomic E-state index is 2.35. The van der Waals surface area contributed by atoms with E-state index in [9.17, 15) is 0 Å². The summed E-state index contributed by atoms with van der Waals surface area (Å²) in [7, 11) is 0. The molecule has 0 bridgehead atoms. The first-order valence-electron chi connectivity index (χ1n) is 8.17. The summed E-state index contributed by atoms with van der Waals surface area (Å²) < 4.78 is 0.779. The summed E-state index contributed by atoms with van der Waals surface area (Å²) in [6.07, 6.45) is 2.35. The van der Waals surface area contributed by atoms with E-state index in [1.165, 1.54) is 28.2 Å². The summed E-state index contributed by atoms with van der Waals surface area (Å²) >= 11 is 0. The van der Waals surface area contributed by atoms with Crippen molar-refractivity contribution in [1.29, 1.82) is 0 Å². The molecule has 0 spiro atoms. The molecule has 23 heavy (non-hydrogen) atoms. The third-order valence-electron chi connectivity index (χ3n) is 4.79. The van der Waals surface area contributed by atoms with E-state index in [0.717, 1.165) is 11.0 Å². The van der Waals surface area contributed by atoms with Crippen molar-refractivity contribution in [1.82, 2.24) is 4.48 Å². The molecule has 1 aliphatic rings. The number of hydrogen-bond acceptors (Lipinski definition) is 0. The largest absolute Gasteiger partial charge is 0.226 e. The fourth-order valence-electron chi connectivity index (χ4n) is 3.74. The van der Waals surface area contributed by atoms with Gasteiger partial charge in [0.2, 0.25) is 0 Å². The van der Waals surface area contributed by atoms with E-state index in [2.05, 4.69) is 97.9 Å². The maximum atomic E-state index is 2.35. The Morgan fingerprint density at radius 2 is 1.30 bits per heavy atom. The molecule has 1 aliphatic heterocycles. The zero-order valence-corrected chi connectivity index (χ0v) is 13.3. The average molecular weight is 298 g/mol. The highest BCUT2D eigenvalue weighted by molar-refractivity contribution is 6.00. The Morgan fingerprint density at radius 1 is 0.696 bits per heavy atom. The Labute approximate surface area is 137 Å². The lowest BCUT2D eigenvalue weighted by atomic mass is 10.1. The molecule has 4 rings (SSSR count). The van der Waals surface area contributed by atoms with Crippen molar-refractivity contribution >= 4 is 23.1 Å². The molecule has 3 aromatic carbocycles. The molecule has 112 valence electrons.